The van der Waals surface area contributed by atoms with Crippen molar-refractivity contribution in [2.45, 2.75) is 63.9 Å². The first-order valence-electron chi connectivity index (χ1n) is 13.9. The minimum atomic E-state index is -0.368. The van der Waals surface area contributed by atoms with E-state index in [4.69, 9.17) is 18.9 Å². The lowest BCUT2D eigenvalue weighted by Gasteiger charge is -2.25. The number of ether oxygens (including phenoxy) is 4. The summed E-state index contributed by atoms with van der Waals surface area (Å²) >= 11 is 0. The highest BCUT2D eigenvalue weighted by atomic mass is 19.1. The van der Waals surface area contributed by atoms with Crippen LogP contribution >= 0.6 is 0 Å². The van der Waals surface area contributed by atoms with Gasteiger partial charge in [-0.25, -0.2) is 4.39 Å². The molecule has 0 saturated carbocycles. The van der Waals surface area contributed by atoms with Gasteiger partial charge >= 0.3 is 5.97 Å². The normalized spacial score (nSPS) is 20.3. The molecule has 6 heteroatoms. The topological polar surface area (TPSA) is 54.0 Å². The van der Waals surface area contributed by atoms with E-state index in [0.717, 1.165) is 49.2 Å². The molecule has 39 heavy (non-hydrogen) atoms. The summed E-state index contributed by atoms with van der Waals surface area (Å²) in [6.45, 7) is 6.41. The van der Waals surface area contributed by atoms with Crippen molar-refractivity contribution in [2.75, 3.05) is 26.9 Å². The monoisotopic (exact) mass is 530 g/mol. The van der Waals surface area contributed by atoms with Crippen LogP contribution in [0.2, 0.25) is 0 Å². The SMILES string of the molecule is COC(=O)C[C@@H]1COc2cc(O[C@@H]3CCc4c(-c5c(C)cc(C6CCOCC6)cc5C)ccc(F)c43)ccc21. The molecule has 204 valence electrons. The molecule has 0 bridgehead atoms. The fourth-order valence-electron chi connectivity index (χ4n) is 6.66. The fourth-order valence-corrected chi connectivity index (χ4v) is 6.66. The van der Waals surface area contributed by atoms with E-state index in [1.807, 2.05) is 24.3 Å². The quantitative estimate of drug-likeness (QED) is 0.318. The Kier molecular flexibility index (Phi) is 7.06. The average molecular weight is 531 g/mol. The van der Waals surface area contributed by atoms with Gasteiger partial charge in [0, 0.05) is 36.3 Å². The Morgan fingerprint density at radius 1 is 1.03 bits per heavy atom. The van der Waals surface area contributed by atoms with E-state index in [0.29, 0.717) is 36.0 Å². The first-order chi connectivity index (χ1) is 18.9. The molecule has 0 radical (unpaired) electrons. The number of rotatable bonds is 6. The number of carbonyl (C=O) groups excluding carboxylic acids is 1. The number of methoxy groups -OCH3 is 1. The third-order valence-electron chi connectivity index (χ3n) is 8.58. The summed E-state index contributed by atoms with van der Waals surface area (Å²) in [6, 6.07) is 13.8. The highest BCUT2D eigenvalue weighted by molar-refractivity contribution is 5.76. The molecule has 0 N–H and O–H groups in total. The number of aryl methyl sites for hydroxylation is 2. The molecule has 1 fully saturated rings. The van der Waals surface area contributed by atoms with E-state index in [2.05, 4.69) is 26.0 Å². The molecule has 2 atom stereocenters. The maximum atomic E-state index is 15.3. The number of hydrogen-bond acceptors (Lipinski definition) is 5. The van der Waals surface area contributed by atoms with E-state index < -0.39 is 0 Å². The zero-order chi connectivity index (χ0) is 27.1. The Bertz CT molecular complexity index is 1380. The maximum Gasteiger partial charge on any atom is 0.306 e. The van der Waals surface area contributed by atoms with E-state index in [-0.39, 0.29) is 30.2 Å². The Balaban J connectivity index is 1.27. The van der Waals surface area contributed by atoms with E-state index >= 15 is 4.39 Å². The van der Waals surface area contributed by atoms with Gasteiger partial charge in [-0.2, -0.15) is 0 Å². The van der Waals surface area contributed by atoms with E-state index in [1.54, 1.807) is 6.07 Å². The maximum absolute atomic E-state index is 15.3. The summed E-state index contributed by atoms with van der Waals surface area (Å²) in [5, 5.41) is 0. The second kappa shape index (κ2) is 10.6. The predicted molar refractivity (Wildman–Crippen MR) is 147 cm³/mol. The van der Waals surface area contributed by atoms with Crippen molar-refractivity contribution in [3.05, 3.63) is 81.7 Å². The van der Waals surface area contributed by atoms with Crippen molar-refractivity contribution < 1.29 is 28.1 Å². The second-order valence-electron chi connectivity index (χ2n) is 11.0. The zero-order valence-electron chi connectivity index (χ0n) is 22.8. The third-order valence-corrected chi connectivity index (χ3v) is 8.58. The Morgan fingerprint density at radius 3 is 2.54 bits per heavy atom. The van der Waals surface area contributed by atoms with Crippen LogP contribution in [-0.2, 0) is 20.7 Å². The van der Waals surface area contributed by atoms with Gasteiger partial charge < -0.3 is 18.9 Å². The third kappa shape index (κ3) is 4.91. The number of hydrogen-bond donors (Lipinski definition) is 0. The number of carbonyl (C=O) groups is 1. The van der Waals surface area contributed by atoms with Gasteiger partial charge in [-0.1, -0.05) is 24.3 Å². The van der Waals surface area contributed by atoms with Gasteiger partial charge in [0.05, 0.1) is 20.1 Å². The number of benzene rings is 3. The predicted octanol–water partition coefficient (Wildman–Crippen LogP) is 7.11. The molecule has 1 aliphatic carbocycles. The van der Waals surface area contributed by atoms with Crippen molar-refractivity contribution in [3.8, 4) is 22.6 Å². The zero-order valence-corrected chi connectivity index (χ0v) is 22.8. The van der Waals surface area contributed by atoms with Crippen LogP contribution < -0.4 is 9.47 Å². The summed E-state index contributed by atoms with van der Waals surface area (Å²) in [4.78, 5) is 11.7. The molecule has 6 rings (SSSR count). The van der Waals surface area contributed by atoms with Crippen LogP contribution in [0.3, 0.4) is 0 Å². The summed E-state index contributed by atoms with van der Waals surface area (Å²) in [6.07, 6.45) is 3.50. The van der Waals surface area contributed by atoms with Crippen molar-refractivity contribution >= 4 is 5.97 Å². The molecule has 0 amide bonds. The standard InChI is InChI=1S/C33H35FO5/c1-19-14-22(21-10-12-37-13-11-21)15-20(2)32(19)26-6-8-28(34)33-27(26)7-9-29(33)39-24-4-5-25-23(16-31(35)36-3)18-38-30(25)17-24/h4-6,8,14-15,17,21,23,29H,7,9-13,16,18H2,1-3H3/t23-,29-/m1/s1. The summed E-state index contributed by atoms with van der Waals surface area (Å²) in [7, 11) is 1.39. The van der Waals surface area contributed by atoms with Gasteiger partial charge in [-0.15, -0.1) is 0 Å². The lowest BCUT2D eigenvalue weighted by molar-refractivity contribution is -0.141. The van der Waals surface area contributed by atoms with Crippen LogP contribution in [-0.4, -0.2) is 32.9 Å². The van der Waals surface area contributed by atoms with Crippen molar-refractivity contribution in [1.82, 2.24) is 0 Å². The minimum Gasteiger partial charge on any atom is -0.492 e. The summed E-state index contributed by atoms with van der Waals surface area (Å²) < 4.78 is 37.9. The van der Waals surface area contributed by atoms with Crippen LogP contribution in [0.25, 0.3) is 11.1 Å². The molecule has 3 aromatic rings. The van der Waals surface area contributed by atoms with Crippen LogP contribution in [0.5, 0.6) is 11.5 Å². The lowest BCUT2D eigenvalue weighted by Crippen LogP contribution is -2.14. The van der Waals surface area contributed by atoms with Gasteiger partial charge in [0.2, 0.25) is 0 Å². The van der Waals surface area contributed by atoms with Crippen molar-refractivity contribution in [3.63, 3.8) is 0 Å². The molecule has 5 nitrogen and oxygen atoms in total. The van der Waals surface area contributed by atoms with Crippen LogP contribution in [0, 0.1) is 19.7 Å². The lowest BCUT2D eigenvalue weighted by atomic mass is 9.84. The van der Waals surface area contributed by atoms with Crippen molar-refractivity contribution in [1.29, 1.82) is 0 Å². The smallest absolute Gasteiger partial charge is 0.306 e. The van der Waals surface area contributed by atoms with Gasteiger partial charge in [0.1, 0.15) is 23.4 Å². The van der Waals surface area contributed by atoms with Gasteiger partial charge in [0.15, 0.2) is 0 Å². The van der Waals surface area contributed by atoms with Crippen LogP contribution in [0.4, 0.5) is 4.39 Å². The molecule has 3 aromatic carbocycles. The molecule has 0 spiro atoms. The van der Waals surface area contributed by atoms with Crippen LogP contribution in [0.1, 0.15) is 77.0 Å². The Labute approximate surface area is 229 Å². The number of halogens is 1. The molecule has 0 unspecified atom stereocenters. The first kappa shape index (κ1) is 25.9. The van der Waals surface area contributed by atoms with E-state index in [9.17, 15) is 4.79 Å². The van der Waals surface area contributed by atoms with Gasteiger partial charge in [-0.3, -0.25) is 4.79 Å². The fraction of sp³-hybridized carbons (Fsp3) is 0.424. The average Bonchev–Trinajstić information content (AvgIpc) is 3.54. The number of esters is 1. The molecule has 3 aliphatic rings. The largest absolute Gasteiger partial charge is 0.492 e. The Morgan fingerprint density at radius 2 is 1.79 bits per heavy atom. The second-order valence-corrected chi connectivity index (χ2v) is 11.0. The number of fused-ring (bicyclic) bond motifs is 2. The molecule has 0 aromatic heterocycles. The Hall–Kier alpha value is -3.38. The van der Waals surface area contributed by atoms with Crippen LogP contribution in [0.15, 0.2) is 42.5 Å². The van der Waals surface area contributed by atoms with Gasteiger partial charge in [0.25, 0.3) is 0 Å². The highest BCUT2D eigenvalue weighted by Crippen LogP contribution is 2.45. The summed E-state index contributed by atoms with van der Waals surface area (Å²) in [5.41, 5.74) is 8.82. The summed E-state index contributed by atoms with van der Waals surface area (Å²) in [5.74, 6) is 1.38. The molecular weight excluding hydrogens is 495 g/mol. The molecule has 2 heterocycles. The molecule has 1 saturated heterocycles. The van der Waals surface area contributed by atoms with Crippen molar-refractivity contribution in [2.24, 2.45) is 0 Å². The molecule has 2 aliphatic heterocycles. The minimum absolute atomic E-state index is 0.0296. The van der Waals surface area contributed by atoms with Gasteiger partial charge in [-0.05, 0) is 91.0 Å². The van der Waals surface area contributed by atoms with E-state index in [1.165, 1.54) is 29.4 Å². The first-order valence-corrected chi connectivity index (χ1v) is 13.9. The molecular formula is C33H35FO5. The highest BCUT2D eigenvalue weighted by Gasteiger charge is 2.32.